The Bertz CT molecular complexity index is 508. The molecule has 98 valence electrons. The Labute approximate surface area is 104 Å². The number of nitrogens with zero attached hydrogens (tertiary/aromatic N) is 1. The summed E-state index contributed by atoms with van der Waals surface area (Å²) in [4.78, 5) is 29.4. The van der Waals surface area contributed by atoms with Gasteiger partial charge in [-0.25, -0.2) is 4.98 Å². The van der Waals surface area contributed by atoms with Crippen LogP contribution in [0.3, 0.4) is 0 Å². The SMILES string of the molecule is CC(Nc1cc(=O)[nH]c(C2CC2)n1)C(C)C(=O)O. The van der Waals surface area contributed by atoms with Crippen molar-refractivity contribution in [2.45, 2.75) is 38.6 Å². The van der Waals surface area contributed by atoms with Crippen molar-refractivity contribution in [3.05, 3.63) is 22.2 Å². The minimum absolute atomic E-state index is 0.204. The van der Waals surface area contributed by atoms with Crippen LogP contribution in [-0.2, 0) is 4.79 Å². The van der Waals surface area contributed by atoms with Crippen LogP contribution < -0.4 is 10.9 Å². The van der Waals surface area contributed by atoms with Gasteiger partial charge in [0.2, 0.25) is 0 Å². The fraction of sp³-hybridized carbons (Fsp3) is 0.583. The average molecular weight is 251 g/mol. The highest BCUT2D eigenvalue weighted by Crippen LogP contribution is 2.37. The summed E-state index contributed by atoms with van der Waals surface area (Å²) in [5.41, 5.74) is -0.204. The smallest absolute Gasteiger partial charge is 0.308 e. The average Bonchev–Trinajstić information content (AvgIpc) is 3.10. The Morgan fingerprint density at radius 2 is 2.22 bits per heavy atom. The second kappa shape index (κ2) is 4.80. The van der Waals surface area contributed by atoms with E-state index in [-0.39, 0.29) is 11.6 Å². The quantitative estimate of drug-likeness (QED) is 0.730. The standard InChI is InChI=1S/C12H17N3O3/c1-6(12(17)18)7(2)13-9-5-10(16)15-11(14-9)8-3-4-8/h5-8H,3-4H2,1-2H3,(H,17,18)(H2,13,14,15,16). The van der Waals surface area contributed by atoms with Gasteiger partial charge >= 0.3 is 5.97 Å². The molecule has 0 aromatic carbocycles. The highest BCUT2D eigenvalue weighted by molar-refractivity contribution is 5.71. The van der Waals surface area contributed by atoms with Crippen LogP contribution in [0.15, 0.2) is 10.9 Å². The van der Waals surface area contributed by atoms with Gasteiger partial charge in [0.25, 0.3) is 5.56 Å². The summed E-state index contributed by atoms with van der Waals surface area (Å²) in [6, 6.07) is 1.07. The number of H-pyrrole nitrogens is 1. The van der Waals surface area contributed by atoms with Gasteiger partial charge in [0.1, 0.15) is 11.6 Å². The van der Waals surface area contributed by atoms with E-state index in [0.29, 0.717) is 17.6 Å². The second-order valence-corrected chi connectivity index (χ2v) is 4.85. The number of rotatable bonds is 5. The third-order valence-electron chi connectivity index (χ3n) is 3.24. The number of aliphatic carboxylic acids is 1. The lowest BCUT2D eigenvalue weighted by atomic mass is 10.0. The molecule has 1 heterocycles. The van der Waals surface area contributed by atoms with E-state index in [4.69, 9.17) is 5.11 Å². The number of hydrogen-bond donors (Lipinski definition) is 3. The molecular weight excluding hydrogens is 234 g/mol. The molecule has 0 saturated heterocycles. The second-order valence-electron chi connectivity index (χ2n) is 4.85. The van der Waals surface area contributed by atoms with Crippen LogP contribution in [0.4, 0.5) is 5.82 Å². The van der Waals surface area contributed by atoms with Gasteiger partial charge in [-0.3, -0.25) is 9.59 Å². The van der Waals surface area contributed by atoms with E-state index in [1.807, 2.05) is 0 Å². The lowest BCUT2D eigenvalue weighted by Gasteiger charge is -2.18. The molecule has 18 heavy (non-hydrogen) atoms. The van der Waals surface area contributed by atoms with Crippen molar-refractivity contribution in [3.8, 4) is 0 Å². The number of anilines is 1. The van der Waals surface area contributed by atoms with Crippen LogP contribution in [0.2, 0.25) is 0 Å². The number of carboxylic acids is 1. The van der Waals surface area contributed by atoms with Gasteiger partial charge in [-0.2, -0.15) is 0 Å². The summed E-state index contributed by atoms with van der Waals surface area (Å²) < 4.78 is 0. The highest BCUT2D eigenvalue weighted by Gasteiger charge is 2.27. The van der Waals surface area contributed by atoms with Crippen LogP contribution in [0.5, 0.6) is 0 Å². The van der Waals surface area contributed by atoms with Crippen molar-refractivity contribution in [2.24, 2.45) is 5.92 Å². The first kappa shape index (κ1) is 12.6. The molecule has 0 radical (unpaired) electrons. The fourth-order valence-corrected chi connectivity index (χ4v) is 1.67. The molecule has 1 aliphatic carbocycles. The Hall–Kier alpha value is -1.85. The monoisotopic (exact) mass is 251 g/mol. The molecule has 1 aromatic rings. The molecular formula is C12H17N3O3. The van der Waals surface area contributed by atoms with E-state index in [2.05, 4.69) is 15.3 Å². The van der Waals surface area contributed by atoms with Crippen LogP contribution in [0, 0.1) is 5.92 Å². The summed E-state index contributed by atoms with van der Waals surface area (Å²) >= 11 is 0. The summed E-state index contributed by atoms with van der Waals surface area (Å²) in [5, 5.41) is 11.9. The maximum atomic E-state index is 11.5. The molecule has 2 unspecified atom stereocenters. The molecule has 1 fully saturated rings. The maximum absolute atomic E-state index is 11.5. The molecule has 0 spiro atoms. The van der Waals surface area contributed by atoms with Gasteiger partial charge in [0.15, 0.2) is 0 Å². The van der Waals surface area contributed by atoms with Gasteiger partial charge in [-0.05, 0) is 26.7 Å². The number of aromatic nitrogens is 2. The van der Waals surface area contributed by atoms with E-state index in [1.54, 1.807) is 13.8 Å². The Morgan fingerprint density at radius 3 is 2.78 bits per heavy atom. The number of carboxylic acid groups (broad SMARTS) is 1. The lowest BCUT2D eigenvalue weighted by molar-refractivity contribution is -0.141. The summed E-state index contributed by atoms with van der Waals surface area (Å²) in [6.07, 6.45) is 2.10. The fourth-order valence-electron chi connectivity index (χ4n) is 1.67. The number of hydrogen-bond acceptors (Lipinski definition) is 4. The third kappa shape index (κ3) is 2.88. The van der Waals surface area contributed by atoms with Crippen molar-refractivity contribution in [1.29, 1.82) is 0 Å². The van der Waals surface area contributed by atoms with Crippen molar-refractivity contribution >= 4 is 11.8 Å². The maximum Gasteiger partial charge on any atom is 0.308 e. The number of aromatic amines is 1. The van der Waals surface area contributed by atoms with E-state index in [1.165, 1.54) is 6.07 Å². The number of carbonyl (C=O) groups is 1. The van der Waals surface area contributed by atoms with Crippen LogP contribution in [-0.4, -0.2) is 27.1 Å². The lowest BCUT2D eigenvalue weighted by Crippen LogP contribution is -2.30. The molecule has 0 aliphatic heterocycles. The highest BCUT2D eigenvalue weighted by atomic mass is 16.4. The van der Waals surface area contributed by atoms with E-state index in [0.717, 1.165) is 12.8 Å². The molecule has 6 heteroatoms. The molecule has 1 aliphatic rings. The molecule has 0 amide bonds. The van der Waals surface area contributed by atoms with E-state index < -0.39 is 11.9 Å². The van der Waals surface area contributed by atoms with Gasteiger partial charge in [0, 0.05) is 18.0 Å². The van der Waals surface area contributed by atoms with E-state index >= 15 is 0 Å². The number of nitrogens with one attached hydrogen (secondary N) is 2. The van der Waals surface area contributed by atoms with Crippen molar-refractivity contribution < 1.29 is 9.90 Å². The van der Waals surface area contributed by atoms with E-state index in [9.17, 15) is 9.59 Å². The Balaban J connectivity index is 2.13. The van der Waals surface area contributed by atoms with Crippen LogP contribution in [0.1, 0.15) is 38.4 Å². The zero-order chi connectivity index (χ0) is 13.3. The Kier molecular flexibility index (Phi) is 3.36. The topological polar surface area (TPSA) is 95.1 Å². The zero-order valence-electron chi connectivity index (χ0n) is 10.4. The molecule has 1 aromatic heterocycles. The minimum atomic E-state index is -0.873. The summed E-state index contributed by atoms with van der Waals surface area (Å²) in [6.45, 7) is 3.38. The third-order valence-corrected chi connectivity index (χ3v) is 3.24. The zero-order valence-corrected chi connectivity index (χ0v) is 10.4. The van der Waals surface area contributed by atoms with Crippen molar-refractivity contribution in [1.82, 2.24) is 9.97 Å². The molecule has 3 N–H and O–H groups in total. The van der Waals surface area contributed by atoms with Gasteiger partial charge in [-0.1, -0.05) is 0 Å². The van der Waals surface area contributed by atoms with Crippen LogP contribution in [0.25, 0.3) is 0 Å². The van der Waals surface area contributed by atoms with Gasteiger partial charge < -0.3 is 15.4 Å². The van der Waals surface area contributed by atoms with Crippen LogP contribution >= 0.6 is 0 Å². The molecule has 1 saturated carbocycles. The molecule has 2 rings (SSSR count). The summed E-state index contributed by atoms with van der Waals surface area (Å²) in [5.74, 6) is 0.0748. The molecule has 0 bridgehead atoms. The first-order valence-electron chi connectivity index (χ1n) is 6.08. The normalized spacial score (nSPS) is 18.1. The predicted molar refractivity (Wildman–Crippen MR) is 66.7 cm³/mol. The first-order chi connectivity index (χ1) is 8.47. The first-order valence-corrected chi connectivity index (χ1v) is 6.08. The molecule has 6 nitrogen and oxygen atoms in total. The van der Waals surface area contributed by atoms with Crippen molar-refractivity contribution in [3.63, 3.8) is 0 Å². The van der Waals surface area contributed by atoms with Gasteiger partial charge in [-0.15, -0.1) is 0 Å². The minimum Gasteiger partial charge on any atom is -0.481 e. The largest absolute Gasteiger partial charge is 0.481 e. The van der Waals surface area contributed by atoms with Gasteiger partial charge in [0.05, 0.1) is 5.92 Å². The van der Waals surface area contributed by atoms with Crippen molar-refractivity contribution in [2.75, 3.05) is 5.32 Å². The summed E-state index contributed by atoms with van der Waals surface area (Å²) in [7, 11) is 0. The Morgan fingerprint density at radius 1 is 1.56 bits per heavy atom. The predicted octanol–water partition coefficient (Wildman–Crippen LogP) is 1.17. The molecule has 2 atom stereocenters.